The third-order valence-corrected chi connectivity index (χ3v) is 2.79. The molecule has 0 saturated heterocycles. The topological polar surface area (TPSA) is 46.5 Å². The van der Waals surface area contributed by atoms with E-state index < -0.39 is 5.97 Å². The summed E-state index contributed by atoms with van der Waals surface area (Å²) in [6, 6.07) is 3.68. The Morgan fingerprint density at radius 3 is 2.62 bits per heavy atom. The Kier molecular flexibility index (Phi) is 4.19. The van der Waals surface area contributed by atoms with Crippen molar-refractivity contribution in [1.82, 2.24) is 0 Å². The van der Waals surface area contributed by atoms with Gasteiger partial charge in [-0.3, -0.25) is 4.79 Å². The summed E-state index contributed by atoms with van der Waals surface area (Å²) in [4.78, 5) is 10.6. The predicted molar refractivity (Wildman–Crippen MR) is 63.4 cm³/mol. The van der Waals surface area contributed by atoms with E-state index in [4.69, 9.17) is 21.4 Å². The van der Waals surface area contributed by atoms with Crippen LogP contribution in [-0.2, 0) is 4.79 Å². The molecule has 0 aliphatic carbocycles. The number of hydrogen-bond acceptors (Lipinski definition) is 2. The van der Waals surface area contributed by atoms with Crippen LogP contribution in [0.4, 0.5) is 0 Å². The summed E-state index contributed by atoms with van der Waals surface area (Å²) in [6.07, 6.45) is 0.0993. The molecule has 88 valence electrons. The molecule has 0 saturated carbocycles. The first-order valence-electron chi connectivity index (χ1n) is 5.01. The summed E-state index contributed by atoms with van der Waals surface area (Å²) in [5.74, 6) is -0.218. The summed E-state index contributed by atoms with van der Waals surface area (Å²) in [5, 5.41) is 9.25. The van der Waals surface area contributed by atoms with E-state index in [1.165, 1.54) is 0 Å². The molecule has 0 amide bonds. The second-order valence-electron chi connectivity index (χ2n) is 3.85. The Balaban J connectivity index is 3.03. The average Bonchev–Trinajstić information content (AvgIpc) is 2.16. The molecular weight excluding hydrogens is 228 g/mol. The minimum absolute atomic E-state index is 0.0559. The molecule has 0 spiro atoms. The van der Waals surface area contributed by atoms with E-state index in [0.29, 0.717) is 10.8 Å². The number of aryl methyl sites for hydroxylation is 1. The Morgan fingerprint density at radius 2 is 2.19 bits per heavy atom. The first-order chi connectivity index (χ1) is 7.45. The maximum Gasteiger partial charge on any atom is 0.303 e. The van der Waals surface area contributed by atoms with Crippen LogP contribution < -0.4 is 4.74 Å². The van der Waals surface area contributed by atoms with Gasteiger partial charge in [-0.05, 0) is 30.0 Å². The Hall–Kier alpha value is -1.22. The minimum Gasteiger partial charge on any atom is -0.495 e. The van der Waals surface area contributed by atoms with Gasteiger partial charge < -0.3 is 9.84 Å². The number of rotatable bonds is 4. The molecule has 0 fully saturated rings. The van der Waals surface area contributed by atoms with Crippen molar-refractivity contribution >= 4 is 17.6 Å². The number of carboxylic acid groups (broad SMARTS) is 1. The van der Waals surface area contributed by atoms with Crippen molar-refractivity contribution in [1.29, 1.82) is 0 Å². The molecule has 1 aromatic carbocycles. The number of ether oxygens (including phenoxy) is 1. The van der Waals surface area contributed by atoms with Gasteiger partial charge in [-0.2, -0.15) is 0 Å². The molecule has 0 heterocycles. The van der Waals surface area contributed by atoms with E-state index in [0.717, 1.165) is 11.1 Å². The van der Waals surface area contributed by atoms with Crippen LogP contribution in [0.1, 0.15) is 30.4 Å². The fourth-order valence-corrected chi connectivity index (χ4v) is 2.03. The lowest BCUT2D eigenvalue weighted by Crippen LogP contribution is -2.03. The van der Waals surface area contributed by atoms with Crippen LogP contribution in [0.5, 0.6) is 5.75 Å². The molecule has 0 bridgehead atoms. The lowest BCUT2D eigenvalue weighted by molar-refractivity contribution is -0.137. The monoisotopic (exact) mass is 242 g/mol. The molecule has 3 nitrogen and oxygen atoms in total. The largest absolute Gasteiger partial charge is 0.495 e. The average molecular weight is 243 g/mol. The van der Waals surface area contributed by atoms with Gasteiger partial charge in [0.05, 0.1) is 18.6 Å². The number of halogens is 1. The molecule has 1 N–H and O–H groups in total. The van der Waals surface area contributed by atoms with Crippen LogP contribution in [0.25, 0.3) is 0 Å². The van der Waals surface area contributed by atoms with Gasteiger partial charge in [0.2, 0.25) is 0 Å². The lowest BCUT2D eigenvalue weighted by atomic mass is 9.96. The van der Waals surface area contributed by atoms with Gasteiger partial charge in [0, 0.05) is 0 Å². The van der Waals surface area contributed by atoms with Crippen molar-refractivity contribution in [2.24, 2.45) is 0 Å². The van der Waals surface area contributed by atoms with Gasteiger partial charge in [0.15, 0.2) is 0 Å². The van der Waals surface area contributed by atoms with Gasteiger partial charge in [0.25, 0.3) is 0 Å². The number of carboxylic acids is 1. The number of carbonyl (C=O) groups is 1. The highest BCUT2D eigenvalue weighted by atomic mass is 35.5. The van der Waals surface area contributed by atoms with Crippen LogP contribution in [0, 0.1) is 6.92 Å². The SMILES string of the molecule is COc1c(C)cc(C(C)CC(=O)O)cc1Cl. The fourth-order valence-electron chi connectivity index (χ4n) is 1.68. The first kappa shape index (κ1) is 12.8. The van der Waals surface area contributed by atoms with Gasteiger partial charge >= 0.3 is 5.97 Å². The van der Waals surface area contributed by atoms with Gasteiger partial charge in [-0.15, -0.1) is 0 Å². The highest BCUT2D eigenvalue weighted by Gasteiger charge is 2.14. The zero-order chi connectivity index (χ0) is 12.3. The first-order valence-corrected chi connectivity index (χ1v) is 5.39. The zero-order valence-corrected chi connectivity index (χ0v) is 10.3. The molecule has 1 atom stereocenters. The summed E-state index contributed by atoms with van der Waals surface area (Å²) >= 11 is 6.04. The van der Waals surface area contributed by atoms with E-state index in [1.807, 2.05) is 19.9 Å². The Bertz CT molecular complexity index is 378. The standard InChI is InChI=1S/C12H15ClO3/c1-7(5-11(14)15)9-4-8(2)12(16-3)10(13)6-9/h4,6-7H,5H2,1-3H3,(H,14,15). The van der Waals surface area contributed by atoms with Crippen molar-refractivity contribution in [3.05, 3.63) is 28.3 Å². The molecule has 4 heteroatoms. The number of benzene rings is 1. The quantitative estimate of drug-likeness (QED) is 0.882. The second kappa shape index (κ2) is 5.21. The highest BCUT2D eigenvalue weighted by Crippen LogP contribution is 2.32. The number of hydrogen-bond donors (Lipinski definition) is 1. The molecule has 1 aromatic rings. The van der Waals surface area contributed by atoms with E-state index in [9.17, 15) is 4.79 Å². The van der Waals surface area contributed by atoms with Crippen molar-refractivity contribution in [2.75, 3.05) is 7.11 Å². The molecule has 0 aliphatic heterocycles. The van der Waals surface area contributed by atoms with Gasteiger partial charge in [-0.25, -0.2) is 0 Å². The molecule has 16 heavy (non-hydrogen) atoms. The van der Waals surface area contributed by atoms with Crippen LogP contribution >= 0.6 is 11.6 Å². The molecule has 1 rings (SSSR count). The smallest absolute Gasteiger partial charge is 0.303 e. The lowest BCUT2D eigenvalue weighted by Gasteiger charge is -2.13. The Labute approximate surface area is 100.0 Å². The van der Waals surface area contributed by atoms with E-state index in [2.05, 4.69) is 0 Å². The second-order valence-corrected chi connectivity index (χ2v) is 4.26. The maximum absolute atomic E-state index is 10.6. The zero-order valence-electron chi connectivity index (χ0n) is 9.58. The van der Waals surface area contributed by atoms with Gasteiger partial charge in [0.1, 0.15) is 5.75 Å². The van der Waals surface area contributed by atoms with E-state index >= 15 is 0 Å². The van der Waals surface area contributed by atoms with Crippen molar-refractivity contribution in [3.63, 3.8) is 0 Å². The highest BCUT2D eigenvalue weighted by molar-refractivity contribution is 6.32. The molecule has 0 radical (unpaired) electrons. The normalized spacial score (nSPS) is 12.2. The van der Waals surface area contributed by atoms with Gasteiger partial charge in [-0.1, -0.05) is 24.6 Å². The van der Waals surface area contributed by atoms with Crippen molar-refractivity contribution < 1.29 is 14.6 Å². The molecule has 0 aromatic heterocycles. The number of aliphatic carboxylic acids is 1. The summed E-state index contributed by atoms with van der Waals surface area (Å²) in [7, 11) is 1.56. The van der Waals surface area contributed by atoms with Crippen LogP contribution in [0.3, 0.4) is 0 Å². The fraction of sp³-hybridized carbons (Fsp3) is 0.417. The van der Waals surface area contributed by atoms with Crippen LogP contribution in [-0.4, -0.2) is 18.2 Å². The van der Waals surface area contributed by atoms with Crippen molar-refractivity contribution in [2.45, 2.75) is 26.2 Å². The van der Waals surface area contributed by atoms with Crippen LogP contribution in [0.2, 0.25) is 5.02 Å². The summed E-state index contributed by atoms with van der Waals surface area (Å²) in [6.45, 7) is 3.76. The third kappa shape index (κ3) is 2.89. The summed E-state index contributed by atoms with van der Waals surface area (Å²) < 4.78 is 5.14. The van der Waals surface area contributed by atoms with E-state index in [1.54, 1.807) is 13.2 Å². The van der Waals surface area contributed by atoms with Crippen molar-refractivity contribution in [3.8, 4) is 5.75 Å². The molecule has 1 unspecified atom stereocenters. The third-order valence-electron chi connectivity index (χ3n) is 2.51. The van der Waals surface area contributed by atoms with Crippen LogP contribution in [0.15, 0.2) is 12.1 Å². The Morgan fingerprint density at radius 1 is 1.56 bits per heavy atom. The molecule has 0 aliphatic rings. The van der Waals surface area contributed by atoms with E-state index in [-0.39, 0.29) is 12.3 Å². The molecular formula is C12H15ClO3. The maximum atomic E-state index is 10.6. The predicted octanol–water partition coefficient (Wildman–Crippen LogP) is 3.24. The summed E-state index contributed by atoms with van der Waals surface area (Å²) in [5.41, 5.74) is 1.84. The number of methoxy groups -OCH3 is 1. The minimum atomic E-state index is -0.808.